The Kier molecular flexibility index (Phi) is 2.90. The summed E-state index contributed by atoms with van der Waals surface area (Å²) in [4.78, 5) is 16.1. The van der Waals surface area contributed by atoms with Crippen molar-refractivity contribution in [2.75, 3.05) is 12.4 Å². The second-order valence-corrected chi connectivity index (χ2v) is 4.29. The highest BCUT2D eigenvalue weighted by atomic mass is 16.5. The predicted octanol–water partition coefficient (Wildman–Crippen LogP) is 0.530. The molecule has 102 valence electrons. The Bertz CT molecular complexity index is 678. The average Bonchev–Trinajstić information content (AvgIpc) is 2.93. The molecular formula is C12H12N6O2. The lowest BCUT2D eigenvalue weighted by Gasteiger charge is -2.26. The maximum atomic E-state index is 12.1. The zero-order chi connectivity index (χ0) is 14.1. The third-order valence-electron chi connectivity index (χ3n) is 3.14. The highest BCUT2D eigenvalue weighted by molar-refractivity contribution is 5.92. The zero-order valence-corrected chi connectivity index (χ0v) is 10.9. The fourth-order valence-electron chi connectivity index (χ4n) is 2.24. The van der Waals surface area contributed by atoms with Gasteiger partial charge in [0, 0.05) is 18.1 Å². The summed E-state index contributed by atoms with van der Waals surface area (Å²) in [5.74, 6) is 0.0647. The molecule has 0 radical (unpaired) electrons. The fourth-order valence-corrected chi connectivity index (χ4v) is 2.24. The molecule has 0 aliphatic carbocycles. The molecule has 1 aliphatic rings. The van der Waals surface area contributed by atoms with E-state index in [1.807, 2.05) is 12.1 Å². The lowest BCUT2D eigenvalue weighted by molar-refractivity contribution is -0.136. The number of ether oxygens (including phenoxy) is 1. The molecule has 20 heavy (non-hydrogen) atoms. The minimum Gasteiger partial charge on any atom is -0.466 e. The predicted molar refractivity (Wildman–Crippen MR) is 68.5 cm³/mol. The maximum Gasteiger partial charge on any atom is 0.338 e. The second kappa shape index (κ2) is 4.72. The van der Waals surface area contributed by atoms with E-state index in [9.17, 15) is 4.79 Å². The van der Waals surface area contributed by atoms with E-state index >= 15 is 0 Å². The molecule has 0 saturated carbocycles. The van der Waals surface area contributed by atoms with Crippen molar-refractivity contribution in [1.29, 1.82) is 0 Å². The summed E-state index contributed by atoms with van der Waals surface area (Å²) in [6.45, 7) is 1.79. The number of anilines is 1. The Labute approximate surface area is 114 Å². The summed E-state index contributed by atoms with van der Waals surface area (Å²) in [5, 5.41) is 14.5. The molecule has 0 bridgehead atoms. The largest absolute Gasteiger partial charge is 0.466 e. The summed E-state index contributed by atoms with van der Waals surface area (Å²) in [6, 6.07) is 3.20. The van der Waals surface area contributed by atoms with Crippen LogP contribution in [0.1, 0.15) is 18.5 Å². The number of tetrazole rings is 1. The molecule has 8 nitrogen and oxygen atoms in total. The van der Waals surface area contributed by atoms with Crippen LogP contribution < -0.4 is 5.32 Å². The topological polar surface area (TPSA) is 94.8 Å². The van der Waals surface area contributed by atoms with E-state index in [2.05, 4.69) is 25.8 Å². The molecule has 2 aromatic heterocycles. The first-order valence-corrected chi connectivity index (χ1v) is 5.96. The van der Waals surface area contributed by atoms with Gasteiger partial charge in [0.05, 0.1) is 12.7 Å². The fraction of sp³-hybridized carbons (Fsp3) is 0.250. The molecule has 3 rings (SSSR count). The number of esters is 1. The molecule has 3 heterocycles. The van der Waals surface area contributed by atoms with E-state index < -0.39 is 12.0 Å². The van der Waals surface area contributed by atoms with Crippen LogP contribution in [0, 0.1) is 0 Å². The number of hydrogen-bond acceptors (Lipinski definition) is 7. The van der Waals surface area contributed by atoms with Crippen LogP contribution in [0.2, 0.25) is 0 Å². The molecule has 0 saturated heterocycles. The van der Waals surface area contributed by atoms with Gasteiger partial charge in [0.2, 0.25) is 5.95 Å². The summed E-state index contributed by atoms with van der Waals surface area (Å²) < 4.78 is 6.42. The van der Waals surface area contributed by atoms with Crippen LogP contribution in [-0.4, -0.2) is 38.3 Å². The standard InChI is InChI=1S/C12H12N6O2/c1-7-9(11(19)20-2)10(8-3-5-13-6-4-8)18-12(14-7)15-16-17-18/h3-6,10H,1-2H3,(H,14,15,17)/t10-/m0/s1. The number of aromatic nitrogens is 5. The van der Waals surface area contributed by atoms with Gasteiger partial charge in [0.15, 0.2) is 0 Å². The van der Waals surface area contributed by atoms with Gasteiger partial charge in [-0.05, 0) is 35.0 Å². The van der Waals surface area contributed by atoms with Gasteiger partial charge in [-0.1, -0.05) is 5.10 Å². The number of fused-ring (bicyclic) bond motifs is 1. The van der Waals surface area contributed by atoms with Gasteiger partial charge in [0.1, 0.15) is 6.04 Å². The highest BCUT2D eigenvalue weighted by Crippen LogP contribution is 2.34. The van der Waals surface area contributed by atoms with E-state index in [4.69, 9.17) is 4.74 Å². The smallest absolute Gasteiger partial charge is 0.338 e. The van der Waals surface area contributed by atoms with Crippen LogP contribution in [0.4, 0.5) is 5.95 Å². The third kappa shape index (κ3) is 1.81. The van der Waals surface area contributed by atoms with Crippen LogP contribution in [0.5, 0.6) is 0 Å². The van der Waals surface area contributed by atoms with E-state index in [-0.39, 0.29) is 0 Å². The van der Waals surface area contributed by atoms with Gasteiger partial charge in [-0.25, -0.2) is 4.79 Å². The van der Waals surface area contributed by atoms with Gasteiger partial charge in [-0.3, -0.25) is 4.98 Å². The average molecular weight is 272 g/mol. The van der Waals surface area contributed by atoms with E-state index in [0.29, 0.717) is 17.2 Å². The Morgan fingerprint density at radius 3 is 2.85 bits per heavy atom. The number of carbonyl (C=O) groups is 1. The molecule has 0 fully saturated rings. The third-order valence-corrected chi connectivity index (χ3v) is 3.14. The Balaban J connectivity index is 2.19. The Morgan fingerprint density at radius 2 is 2.15 bits per heavy atom. The number of allylic oxidation sites excluding steroid dienone is 1. The summed E-state index contributed by atoms with van der Waals surface area (Å²) in [5.41, 5.74) is 1.99. The zero-order valence-electron chi connectivity index (χ0n) is 10.9. The van der Waals surface area contributed by atoms with Crippen molar-refractivity contribution >= 4 is 11.9 Å². The SMILES string of the molecule is COC(=O)C1=C(C)Nc2nnnn2[C@H]1c1ccncc1. The van der Waals surface area contributed by atoms with Crippen LogP contribution in [0.25, 0.3) is 0 Å². The number of carbonyl (C=O) groups excluding carboxylic acids is 1. The van der Waals surface area contributed by atoms with Gasteiger partial charge < -0.3 is 10.1 Å². The van der Waals surface area contributed by atoms with Crippen LogP contribution in [-0.2, 0) is 9.53 Å². The van der Waals surface area contributed by atoms with E-state index in [1.54, 1.807) is 24.0 Å². The molecule has 0 spiro atoms. The van der Waals surface area contributed by atoms with E-state index in [0.717, 1.165) is 5.56 Å². The van der Waals surface area contributed by atoms with Crippen molar-refractivity contribution in [3.8, 4) is 0 Å². The molecule has 1 N–H and O–H groups in total. The second-order valence-electron chi connectivity index (χ2n) is 4.29. The number of methoxy groups -OCH3 is 1. The molecule has 8 heteroatoms. The van der Waals surface area contributed by atoms with Crippen molar-refractivity contribution in [3.63, 3.8) is 0 Å². The molecule has 2 aromatic rings. The maximum absolute atomic E-state index is 12.1. The van der Waals surface area contributed by atoms with Crippen LogP contribution >= 0.6 is 0 Å². The number of hydrogen-bond donors (Lipinski definition) is 1. The van der Waals surface area contributed by atoms with E-state index in [1.165, 1.54) is 7.11 Å². The van der Waals surface area contributed by atoms with Gasteiger partial charge in [0.25, 0.3) is 0 Å². The molecule has 1 aliphatic heterocycles. The summed E-state index contributed by atoms with van der Waals surface area (Å²) in [7, 11) is 1.35. The number of rotatable bonds is 2. The molecule has 1 atom stereocenters. The van der Waals surface area contributed by atoms with Crippen LogP contribution in [0.3, 0.4) is 0 Å². The lowest BCUT2D eigenvalue weighted by atomic mass is 9.97. The monoisotopic (exact) mass is 272 g/mol. The first-order valence-electron chi connectivity index (χ1n) is 5.96. The number of nitrogens with zero attached hydrogens (tertiary/aromatic N) is 5. The first kappa shape index (κ1) is 12.3. The first-order chi connectivity index (χ1) is 9.72. The number of nitrogens with one attached hydrogen (secondary N) is 1. The van der Waals surface area contributed by atoms with Gasteiger partial charge in [-0.15, -0.1) is 0 Å². The quantitative estimate of drug-likeness (QED) is 0.797. The van der Waals surface area contributed by atoms with Crippen molar-refractivity contribution in [2.45, 2.75) is 13.0 Å². The highest BCUT2D eigenvalue weighted by Gasteiger charge is 2.34. The van der Waals surface area contributed by atoms with Crippen LogP contribution in [0.15, 0.2) is 35.8 Å². The van der Waals surface area contributed by atoms with Crippen molar-refractivity contribution in [2.24, 2.45) is 0 Å². The Morgan fingerprint density at radius 1 is 1.40 bits per heavy atom. The number of pyridine rings is 1. The summed E-state index contributed by atoms with van der Waals surface area (Å²) >= 11 is 0. The van der Waals surface area contributed by atoms with Gasteiger partial charge >= 0.3 is 5.97 Å². The minimum absolute atomic E-state index is 0.419. The lowest BCUT2D eigenvalue weighted by Crippen LogP contribution is -2.29. The van der Waals surface area contributed by atoms with Crippen molar-refractivity contribution in [3.05, 3.63) is 41.4 Å². The Hall–Kier alpha value is -2.77. The normalized spacial score (nSPS) is 17.4. The van der Waals surface area contributed by atoms with Crippen molar-refractivity contribution < 1.29 is 9.53 Å². The molecule has 0 amide bonds. The van der Waals surface area contributed by atoms with Crippen molar-refractivity contribution in [1.82, 2.24) is 25.2 Å². The molecule has 0 unspecified atom stereocenters. The van der Waals surface area contributed by atoms with Gasteiger partial charge in [-0.2, -0.15) is 4.68 Å². The molecule has 0 aromatic carbocycles. The summed E-state index contributed by atoms with van der Waals surface area (Å²) in [6.07, 6.45) is 3.32. The molecular weight excluding hydrogens is 260 g/mol. The minimum atomic E-state index is -0.434.